The first-order valence-corrected chi connectivity index (χ1v) is 10.8. The Hall–Kier alpha value is -2.29. The van der Waals surface area contributed by atoms with E-state index in [1.165, 1.54) is 12.1 Å². The second-order valence-corrected chi connectivity index (χ2v) is 8.60. The van der Waals surface area contributed by atoms with Crippen LogP contribution in [0, 0.1) is 0 Å². The SMILES string of the molecule is COc1ccc(S(=O)(=O)Nc2ccc(N3CCC4(CC3)OCCO4)cc2)cc1. The van der Waals surface area contributed by atoms with E-state index in [0.717, 1.165) is 31.6 Å². The van der Waals surface area contributed by atoms with Crippen molar-refractivity contribution in [2.45, 2.75) is 23.5 Å². The molecule has 2 aromatic carbocycles. The molecule has 1 spiro atoms. The van der Waals surface area contributed by atoms with Crippen molar-refractivity contribution >= 4 is 21.4 Å². The summed E-state index contributed by atoms with van der Waals surface area (Å²) in [5.41, 5.74) is 1.58. The van der Waals surface area contributed by atoms with Crippen molar-refractivity contribution in [2.24, 2.45) is 0 Å². The molecule has 2 aromatic rings. The smallest absolute Gasteiger partial charge is 0.261 e. The van der Waals surface area contributed by atoms with Crippen LogP contribution in [0.3, 0.4) is 0 Å². The highest BCUT2D eigenvalue weighted by molar-refractivity contribution is 7.92. The summed E-state index contributed by atoms with van der Waals surface area (Å²) in [6, 6.07) is 13.7. The van der Waals surface area contributed by atoms with E-state index in [9.17, 15) is 8.42 Å². The molecule has 4 rings (SSSR count). The summed E-state index contributed by atoms with van der Waals surface area (Å²) in [6.45, 7) is 3.03. The maximum atomic E-state index is 12.5. The fourth-order valence-electron chi connectivity index (χ4n) is 3.60. The van der Waals surface area contributed by atoms with E-state index >= 15 is 0 Å². The summed E-state index contributed by atoms with van der Waals surface area (Å²) in [7, 11) is -2.10. The Kier molecular flexibility index (Phi) is 5.18. The van der Waals surface area contributed by atoms with E-state index in [0.29, 0.717) is 24.7 Å². The number of ether oxygens (including phenoxy) is 3. The second kappa shape index (κ2) is 7.62. The Balaban J connectivity index is 1.40. The largest absolute Gasteiger partial charge is 0.497 e. The molecule has 1 N–H and O–H groups in total. The summed E-state index contributed by atoms with van der Waals surface area (Å²) < 4.78 is 44.3. The van der Waals surface area contributed by atoms with Gasteiger partial charge in [-0.25, -0.2) is 8.42 Å². The van der Waals surface area contributed by atoms with Crippen molar-refractivity contribution in [3.63, 3.8) is 0 Å². The van der Waals surface area contributed by atoms with Crippen LogP contribution in [0.5, 0.6) is 5.75 Å². The Morgan fingerprint density at radius 3 is 2.14 bits per heavy atom. The number of methoxy groups -OCH3 is 1. The molecule has 2 fully saturated rings. The van der Waals surface area contributed by atoms with Gasteiger partial charge < -0.3 is 19.1 Å². The maximum absolute atomic E-state index is 12.5. The summed E-state index contributed by atoms with van der Waals surface area (Å²) in [5.74, 6) is 0.213. The first kappa shape index (κ1) is 19.0. The predicted molar refractivity (Wildman–Crippen MR) is 106 cm³/mol. The zero-order valence-electron chi connectivity index (χ0n) is 15.8. The third kappa shape index (κ3) is 3.94. The molecule has 0 atom stereocenters. The van der Waals surface area contributed by atoms with Crippen molar-refractivity contribution in [1.29, 1.82) is 0 Å². The molecule has 0 unspecified atom stereocenters. The van der Waals surface area contributed by atoms with Crippen molar-refractivity contribution < 1.29 is 22.6 Å². The number of nitrogens with one attached hydrogen (secondary N) is 1. The topological polar surface area (TPSA) is 77.1 Å². The average Bonchev–Trinajstić information content (AvgIpc) is 3.17. The maximum Gasteiger partial charge on any atom is 0.261 e. The molecule has 0 radical (unpaired) electrons. The molecule has 150 valence electrons. The number of benzene rings is 2. The molecular weight excluding hydrogens is 380 g/mol. The number of sulfonamides is 1. The molecule has 2 heterocycles. The minimum atomic E-state index is -3.64. The molecule has 2 aliphatic rings. The summed E-state index contributed by atoms with van der Waals surface area (Å²) in [4.78, 5) is 2.45. The van der Waals surface area contributed by atoms with E-state index in [4.69, 9.17) is 14.2 Å². The lowest BCUT2D eigenvalue weighted by Gasteiger charge is -2.38. The van der Waals surface area contributed by atoms with Crippen molar-refractivity contribution in [1.82, 2.24) is 0 Å². The average molecular weight is 404 g/mol. The van der Waals surface area contributed by atoms with Crippen LogP contribution in [-0.4, -0.2) is 47.6 Å². The minimum absolute atomic E-state index is 0.190. The Labute approximate surface area is 165 Å². The van der Waals surface area contributed by atoms with Gasteiger partial charge in [0, 0.05) is 37.3 Å². The molecule has 8 heteroatoms. The van der Waals surface area contributed by atoms with Gasteiger partial charge >= 0.3 is 0 Å². The van der Waals surface area contributed by atoms with Crippen LogP contribution in [0.15, 0.2) is 53.4 Å². The van der Waals surface area contributed by atoms with Gasteiger partial charge in [-0.1, -0.05) is 0 Å². The van der Waals surface area contributed by atoms with Gasteiger partial charge in [-0.2, -0.15) is 0 Å². The Morgan fingerprint density at radius 1 is 0.964 bits per heavy atom. The van der Waals surface area contributed by atoms with Gasteiger partial charge in [-0.3, -0.25) is 4.72 Å². The van der Waals surface area contributed by atoms with E-state index in [1.807, 2.05) is 12.1 Å². The normalized spacial score (nSPS) is 19.0. The number of hydrogen-bond acceptors (Lipinski definition) is 6. The summed E-state index contributed by atoms with van der Waals surface area (Å²) in [5, 5.41) is 0. The fourth-order valence-corrected chi connectivity index (χ4v) is 4.66. The predicted octanol–water partition coefficient (Wildman–Crippen LogP) is 2.84. The zero-order chi connectivity index (χ0) is 19.6. The first-order chi connectivity index (χ1) is 13.5. The molecular formula is C20H24N2O5S. The van der Waals surface area contributed by atoms with Crippen LogP contribution in [0.1, 0.15) is 12.8 Å². The first-order valence-electron chi connectivity index (χ1n) is 9.30. The molecule has 7 nitrogen and oxygen atoms in total. The second-order valence-electron chi connectivity index (χ2n) is 6.92. The highest BCUT2D eigenvalue weighted by atomic mass is 32.2. The van der Waals surface area contributed by atoms with Gasteiger partial charge in [0.1, 0.15) is 5.75 Å². The number of anilines is 2. The molecule has 28 heavy (non-hydrogen) atoms. The Morgan fingerprint density at radius 2 is 1.57 bits per heavy atom. The van der Waals surface area contributed by atoms with Crippen LogP contribution in [0.2, 0.25) is 0 Å². The quantitative estimate of drug-likeness (QED) is 0.826. The monoisotopic (exact) mass is 404 g/mol. The lowest BCUT2D eigenvalue weighted by molar-refractivity contribution is -0.169. The number of hydrogen-bond donors (Lipinski definition) is 1. The third-order valence-electron chi connectivity index (χ3n) is 5.19. The molecule has 0 amide bonds. The minimum Gasteiger partial charge on any atom is -0.497 e. The highest BCUT2D eigenvalue weighted by Gasteiger charge is 2.39. The van der Waals surface area contributed by atoms with Gasteiger partial charge in [0.15, 0.2) is 5.79 Å². The highest BCUT2D eigenvalue weighted by Crippen LogP contribution is 2.33. The third-order valence-corrected chi connectivity index (χ3v) is 6.59. The molecule has 0 saturated carbocycles. The van der Waals surface area contributed by atoms with Crippen LogP contribution >= 0.6 is 0 Å². The van der Waals surface area contributed by atoms with Gasteiger partial charge in [0.25, 0.3) is 10.0 Å². The summed E-state index contributed by atoms with van der Waals surface area (Å²) in [6.07, 6.45) is 1.66. The standard InChI is InChI=1S/C20H24N2O5S/c1-25-18-6-8-19(9-7-18)28(23,24)21-16-2-4-17(5-3-16)22-12-10-20(11-13-22)26-14-15-27-20/h2-9,21H,10-15H2,1H3. The van der Waals surface area contributed by atoms with Gasteiger partial charge in [0.2, 0.25) is 0 Å². The van der Waals surface area contributed by atoms with Crippen LogP contribution < -0.4 is 14.4 Å². The molecule has 2 saturated heterocycles. The molecule has 2 aliphatic heterocycles. The van der Waals surface area contributed by atoms with E-state index < -0.39 is 15.8 Å². The zero-order valence-corrected chi connectivity index (χ0v) is 16.6. The van der Waals surface area contributed by atoms with Gasteiger partial charge in [0.05, 0.1) is 25.2 Å². The fraction of sp³-hybridized carbons (Fsp3) is 0.400. The summed E-state index contributed by atoms with van der Waals surface area (Å²) >= 11 is 0. The number of rotatable bonds is 5. The van der Waals surface area contributed by atoms with Crippen molar-refractivity contribution in [2.75, 3.05) is 43.0 Å². The van der Waals surface area contributed by atoms with Crippen molar-refractivity contribution in [3.8, 4) is 5.75 Å². The Bertz CT molecular complexity index is 897. The number of piperidine rings is 1. The van der Waals surface area contributed by atoms with Crippen LogP contribution in [0.25, 0.3) is 0 Å². The van der Waals surface area contributed by atoms with Gasteiger partial charge in [-0.05, 0) is 48.5 Å². The van der Waals surface area contributed by atoms with Crippen molar-refractivity contribution in [3.05, 3.63) is 48.5 Å². The molecule has 0 aromatic heterocycles. The number of nitrogens with zero attached hydrogens (tertiary/aromatic N) is 1. The van der Waals surface area contributed by atoms with E-state index in [1.54, 1.807) is 31.4 Å². The lowest BCUT2D eigenvalue weighted by Crippen LogP contribution is -2.45. The lowest BCUT2D eigenvalue weighted by atomic mass is 10.0. The van der Waals surface area contributed by atoms with E-state index in [-0.39, 0.29) is 4.90 Å². The molecule has 0 aliphatic carbocycles. The van der Waals surface area contributed by atoms with Gasteiger partial charge in [-0.15, -0.1) is 0 Å². The van der Waals surface area contributed by atoms with Crippen LogP contribution in [-0.2, 0) is 19.5 Å². The van der Waals surface area contributed by atoms with E-state index in [2.05, 4.69) is 9.62 Å². The molecule has 0 bridgehead atoms. The van der Waals surface area contributed by atoms with Crippen LogP contribution in [0.4, 0.5) is 11.4 Å².